The fourth-order valence-electron chi connectivity index (χ4n) is 2.38. The van der Waals surface area contributed by atoms with Gasteiger partial charge in [-0.3, -0.25) is 0 Å². The van der Waals surface area contributed by atoms with E-state index in [2.05, 4.69) is 50.0 Å². The number of benzene rings is 1. The fourth-order valence-corrected chi connectivity index (χ4v) is 2.38. The highest BCUT2D eigenvalue weighted by molar-refractivity contribution is 5.22. The van der Waals surface area contributed by atoms with Gasteiger partial charge >= 0.3 is 0 Å². The molecular weight excluding hydrogens is 240 g/mol. The van der Waals surface area contributed by atoms with Crippen LogP contribution in [0.5, 0.6) is 0 Å². The van der Waals surface area contributed by atoms with Crippen molar-refractivity contribution >= 4 is 0 Å². The molecule has 0 N–H and O–H groups in total. The molecule has 20 heavy (non-hydrogen) atoms. The minimum atomic E-state index is 0.991. The van der Waals surface area contributed by atoms with Gasteiger partial charge in [0.25, 0.3) is 0 Å². The van der Waals surface area contributed by atoms with Crippen molar-refractivity contribution in [1.29, 1.82) is 0 Å². The number of rotatable bonds is 9. The lowest BCUT2D eigenvalue weighted by molar-refractivity contribution is 0.691. The Balaban J connectivity index is 2.14. The summed E-state index contributed by atoms with van der Waals surface area (Å²) in [5, 5.41) is 0. The van der Waals surface area contributed by atoms with E-state index in [-0.39, 0.29) is 0 Å². The van der Waals surface area contributed by atoms with Crippen LogP contribution in [-0.4, -0.2) is 0 Å². The standard InChI is InChI=1S/C20H30/c1-3-5-7-8-9-10-12-14-20-17-15-19(16-18-20)13-11-6-4-2/h15-18H,3-4,6,8-14H2,1-2H3. The van der Waals surface area contributed by atoms with E-state index < -0.39 is 0 Å². The van der Waals surface area contributed by atoms with Crippen LogP contribution < -0.4 is 0 Å². The van der Waals surface area contributed by atoms with E-state index in [0.717, 1.165) is 12.8 Å². The van der Waals surface area contributed by atoms with Gasteiger partial charge in [0.05, 0.1) is 0 Å². The van der Waals surface area contributed by atoms with E-state index in [0.29, 0.717) is 0 Å². The van der Waals surface area contributed by atoms with Gasteiger partial charge in [-0.25, -0.2) is 0 Å². The third-order valence-corrected chi connectivity index (χ3v) is 3.66. The zero-order chi connectivity index (χ0) is 14.5. The van der Waals surface area contributed by atoms with E-state index >= 15 is 0 Å². The van der Waals surface area contributed by atoms with Gasteiger partial charge in [-0.05, 0) is 43.2 Å². The second-order valence-electron chi connectivity index (χ2n) is 5.54. The average molecular weight is 270 g/mol. The van der Waals surface area contributed by atoms with E-state index in [1.807, 2.05) is 0 Å². The lowest BCUT2D eigenvalue weighted by Gasteiger charge is -2.04. The number of aryl methyl sites for hydroxylation is 2. The Morgan fingerprint density at radius 3 is 1.85 bits per heavy atom. The van der Waals surface area contributed by atoms with Gasteiger partial charge in [-0.2, -0.15) is 0 Å². The molecule has 0 amide bonds. The molecule has 0 heteroatoms. The maximum Gasteiger partial charge on any atom is 0.00886 e. The number of hydrogen-bond acceptors (Lipinski definition) is 0. The first-order valence-corrected chi connectivity index (χ1v) is 8.40. The van der Waals surface area contributed by atoms with Crippen molar-refractivity contribution < 1.29 is 0 Å². The predicted octanol–water partition coefficient (Wildman–Crippen LogP) is 5.94. The van der Waals surface area contributed by atoms with Crippen LogP contribution in [0.2, 0.25) is 0 Å². The van der Waals surface area contributed by atoms with Crippen molar-refractivity contribution in [2.24, 2.45) is 0 Å². The molecule has 1 aromatic rings. The van der Waals surface area contributed by atoms with Crippen molar-refractivity contribution in [1.82, 2.24) is 0 Å². The summed E-state index contributed by atoms with van der Waals surface area (Å²) in [6.07, 6.45) is 12.4. The predicted molar refractivity (Wildman–Crippen MR) is 89.9 cm³/mol. The second kappa shape index (κ2) is 11.6. The summed E-state index contributed by atoms with van der Waals surface area (Å²) in [5.41, 5.74) is 2.99. The van der Waals surface area contributed by atoms with Crippen LogP contribution in [0.4, 0.5) is 0 Å². The average Bonchev–Trinajstić information content (AvgIpc) is 2.48. The zero-order valence-electron chi connectivity index (χ0n) is 13.4. The van der Waals surface area contributed by atoms with Gasteiger partial charge in [0, 0.05) is 12.8 Å². The maximum absolute atomic E-state index is 3.22. The summed E-state index contributed by atoms with van der Waals surface area (Å²) >= 11 is 0. The van der Waals surface area contributed by atoms with Gasteiger partial charge in [0.2, 0.25) is 0 Å². The van der Waals surface area contributed by atoms with Crippen LogP contribution in [0.3, 0.4) is 0 Å². The first-order valence-electron chi connectivity index (χ1n) is 8.40. The minimum Gasteiger partial charge on any atom is -0.104 e. The topological polar surface area (TPSA) is 0 Å². The molecule has 0 aliphatic carbocycles. The summed E-state index contributed by atoms with van der Waals surface area (Å²) in [4.78, 5) is 0. The molecule has 0 unspecified atom stereocenters. The Kier molecular flexibility index (Phi) is 9.76. The largest absolute Gasteiger partial charge is 0.104 e. The van der Waals surface area contributed by atoms with Crippen molar-refractivity contribution in [2.75, 3.05) is 0 Å². The molecule has 0 saturated heterocycles. The van der Waals surface area contributed by atoms with Crippen LogP contribution in [-0.2, 0) is 12.8 Å². The zero-order valence-corrected chi connectivity index (χ0v) is 13.4. The monoisotopic (exact) mass is 270 g/mol. The van der Waals surface area contributed by atoms with Crippen LogP contribution in [0.1, 0.15) is 76.3 Å². The molecule has 0 bridgehead atoms. The Hall–Kier alpha value is -1.22. The summed E-state index contributed by atoms with van der Waals surface area (Å²) < 4.78 is 0. The smallest absolute Gasteiger partial charge is 0.00886 e. The Morgan fingerprint density at radius 2 is 1.30 bits per heavy atom. The fraction of sp³-hybridized carbons (Fsp3) is 0.600. The lowest BCUT2D eigenvalue weighted by atomic mass is 10.0. The van der Waals surface area contributed by atoms with E-state index in [1.165, 1.54) is 62.5 Å². The van der Waals surface area contributed by atoms with E-state index in [1.54, 1.807) is 0 Å². The SMILES string of the molecule is CCC#CCCCCCc1ccc(CCCCC)cc1. The Morgan fingerprint density at radius 1 is 0.700 bits per heavy atom. The normalized spacial score (nSPS) is 10.1. The van der Waals surface area contributed by atoms with Gasteiger partial charge in [-0.15, -0.1) is 11.8 Å². The van der Waals surface area contributed by atoms with E-state index in [9.17, 15) is 0 Å². The molecule has 0 atom stereocenters. The van der Waals surface area contributed by atoms with Crippen molar-refractivity contribution in [3.8, 4) is 11.8 Å². The molecule has 0 saturated carbocycles. The summed E-state index contributed by atoms with van der Waals surface area (Å²) in [5.74, 6) is 6.35. The molecule has 0 aliphatic rings. The summed E-state index contributed by atoms with van der Waals surface area (Å²) in [6, 6.07) is 9.27. The number of hydrogen-bond donors (Lipinski definition) is 0. The van der Waals surface area contributed by atoms with Crippen molar-refractivity contribution in [3.05, 3.63) is 35.4 Å². The lowest BCUT2D eigenvalue weighted by Crippen LogP contribution is -1.89. The molecule has 0 aromatic heterocycles. The molecule has 0 nitrogen and oxygen atoms in total. The van der Waals surface area contributed by atoms with Gasteiger partial charge < -0.3 is 0 Å². The molecule has 0 fully saturated rings. The van der Waals surface area contributed by atoms with Crippen molar-refractivity contribution in [3.63, 3.8) is 0 Å². The third-order valence-electron chi connectivity index (χ3n) is 3.66. The highest BCUT2D eigenvalue weighted by Gasteiger charge is 1.96. The molecule has 1 aromatic carbocycles. The summed E-state index contributed by atoms with van der Waals surface area (Å²) in [6.45, 7) is 4.37. The molecule has 110 valence electrons. The van der Waals surface area contributed by atoms with Crippen LogP contribution in [0.25, 0.3) is 0 Å². The maximum atomic E-state index is 3.22. The highest BCUT2D eigenvalue weighted by atomic mass is 14.0. The molecular formula is C20H30. The second-order valence-corrected chi connectivity index (χ2v) is 5.54. The highest BCUT2D eigenvalue weighted by Crippen LogP contribution is 2.12. The molecule has 0 spiro atoms. The van der Waals surface area contributed by atoms with E-state index in [4.69, 9.17) is 0 Å². The van der Waals surface area contributed by atoms with Gasteiger partial charge in [-0.1, -0.05) is 57.4 Å². The van der Waals surface area contributed by atoms with Crippen LogP contribution >= 0.6 is 0 Å². The number of unbranched alkanes of at least 4 members (excludes halogenated alkanes) is 5. The van der Waals surface area contributed by atoms with Gasteiger partial charge in [0.15, 0.2) is 0 Å². The third kappa shape index (κ3) is 8.05. The molecule has 0 heterocycles. The molecule has 0 aliphatic heterocycles. The van der Waals surface area contributed by atoms with Crippen LogP contribution in [0, 0.1) is 11.8 Å². The van der Waals surface area contributed by atoms with Crippen molar-refractivity contribution in [2.45, 2.75) is 78.1 Å². The first kappa shape index (κ1) is 16.8. The first-order chi connectivity index (χ1) is 9.86. The quantitative estimate of drug-likeness (QED) is 0.385. The molecule has 1 rings (SSSR count). The molecule has 0 radical (unpaired) electrons. The van der Waals surface area contributed by atoms with Gasteiger partial charge in [0.1, 0.15) is 0 Å². The minimum absolute atomic E-state index is 0.991. The summed E-state index contributed by atoms with van der Waals surface area (Å²) in [7, 11) is 0. The Labute approximate surface area is 126 Å². The Bertz CT molecular complexity index is 388. The van der Waals surface area contributed by atoms with Crippen LogP contribution in [0.15, 0.2) is 24.3 Å².